The predicted octanol–water partition coefficient (Wildman–Crippen LogP) is 5.07. The second-order valence-corrected chi connectivity index (χ2v) is 6.87. The number of rotatable bonds is 2. The van der Waals surface area contributed by atoms with Gasteiger partial charge in [0.2, 0.25) is 0 Å². The quantitative estimate of drug-likeness (QED) is 0.747. The van der Waals surface area contributed by atoms with Crippen molar-refractivity contribution in [2.24, 2.45) is 0 Å². The first kappa shape index (κ1) is 14.9. The van der Waals surface area contributed by atoms with Crippen LogP contribution in [-0.4, -0.2) is 23.9 Å². The molecule has 1 amide bonds. The lowest BCUT2D eigenvalue weighted by atomic mass is 9.91. The Labute approximate surface area is 138 Å². The Morgan fingerprint density at radius 3 is 2.57 bits per heavy atom. The fraction of sp³-hybridized carbons (Fsp3) is 0.312. The van der Waals surface area contributed by atoms with Crippen LogP contribution in [0.25, 0.3) is 0 Å². The van der Waals surface area contributed by atoms with Crippen LogP contribution in [0.4, 0.5) is 0 Å². The Morgan fingerprint density at radius 2 is 1.95 bits per heavy atom. The van der Waals surface area contributed by atoms with Gasteiger partial charge in [-0.05, 0) is 59.3 Å². The molecule has 0 N–H and O–H groups in total. The number of carbonyl (C=O) groups is 1. The minimum absolute atomic E-state index is 0.000403. The average Bonchev–Trinajstić information content (AvgIpc) is 3.01. The molecule has 2 heterocycles. The molecule has 0 unspecified atom stereocenters. The summed E-state index contributed by atoms with van der Waals surface area (Å²) in [6, 6.07) is 7.22. The summed E-state index contributed by atoms with van der Waals surface area (Å²) in [5.41, 5.74) is 1.94. The van der Waals surface area contributed by atoms with E-state index < -0.39 is 0 Å². The summed E-state index contributed by atoms with van der Waals surface area (Å²) < 4.78 is 0. The lowest BCUT2D eigenvalue weighted by molar-refractivity contribution is 0.0713. The Balaban J connectivity index is 1.67. The van der Waals surface area contributed by atoms with E-state index in [4.69, 9.17) is 23.2 Å². The van der Waals surface area contributed by atoms with Gasteiger partial charge in [-0.15, -0.1) is 0 Å². The SMILES string of the molecule is O=C(c1ccc(Cl)cc1Cl)N1CCC(c2ccsc2)CC1. The van der Waals surface area contributed by atoms with Crippen LogP contribution in [0.3, 0.4) is 0 Å². The van der Waals surface area contributed by atoms with E-state index >= 15 is 0 Å². The zero-order chi connectivity index (χ0) is 14.8. The zero-order valence-corrected chi connectivity index (χ0v) is 13.7. The van der Waals surface area contributed by atoms with Crippen molar-refractivity contribution in [2.75, 3.05) is 13.1 Å². The highest BCUT2D eigenvalue weighted by Gasteiger charge is 2.25. The summed E-state index contributed by atoms with van der Waals surface area (Å²) >= 11 is 13.7. The van der Waals surface area contributed by atoms with Crippen molar-refractivity contribution in [3.8, 4) is 0 Å². The number of likely N-dealkylation sites (tertiary alicyclic amines) is 1. The van der Waals surface area contributed by atoms with E-state index in [1.807, 2.05) is 4.90 Å². The van der Waals surface area contributed by atoms with Gasteiger partial charge in [-0.1, -0.05) is 23.2 Å². The fourth-order valence-electron chi connectivity index (χ4n) is 2.76. The van der Waals surface area contributed by atoms with Crippen LogP contribution >= 0.6 is 34.5 Å². The van der Waals surface area contributed by atoms with Crippen LogP contribution in [-0.2, 0) is 0 Å². The zero-order valence-electron chi connectivity index (χ0n) is 11.4. The van der Waals surface area contributed by atoms with Crippen molar-refractivity contribution in [2.45, 2.75) is 18.8 Å². The average molecular weight is 340 g/mol. The van der Waals surface area contributed by atoms with E-state index in [0.29, 0.717) is 21.5 Å². The third kappa shape index (κ3) is 3.25. The van der Waals surface area contributed by atoms with Crippen molar-refractivity contribution < 1.29 is 4.79 Å². The molecule has 0 bridgehead atoms. The minimum Gasteiger partial charge on any atom is -0.339 e. The molecule has 5 heteroatoms. The molecule has 3 rings (SSSR count). The number of thiophene rings is 1. The van der Waals surface area contributed by atoms with Crippen LogP contribution in [0.5, 0.6) is 0 Å². The van der Waals surface area contributed by atoms with Crippen LogP contribution in [0.2, 0.25) is 10.0 Å². The lowest BCUT2D eigenvalue weighted by Crippen LogP contribution is -2.38. The van der Waals surface area contributed by atoms with E-state index in [2.05, 4.69) is 16.8 Å². The van der Waals surface area contributed by atoms with Gasteiger partial charge in [0.1, 0.15) is 0 Å². The van der Waals surface area contributed by atoms with Crippen LogP contribution in [0.15, 0.2) is 35.0 Å². The Bertz CT molecular complexity index is 634. The monoisotopic (exact) mass is 339 g/mol. The van der Waals surface area contributed by atoms with Crippen LogP contribution < -0.4 is 0 Å². The first-order valence-electron chi connectivity index (χ1n) is 6.91. The number of amides is 1. The van der Waals surface area contributed by atoms with Gasteiger partial charge in [-0.2, -0.15) is 11.3 Å². The predicted molar refractivity (Wildman–Crippen MR) is 88.7 cm³/mol. The van der Waals surface area contributed by atoms with Crippen LogP contribution in [0.1, 0.15) is 34.7 Å². The molecule has 1 aromatic carbocycles. The topological polar surface area (TPSA) is 20.3 Å². The number of carbonyl (C=O) groups excluding carboxylic acids is 1. The van der Waals surface area contributed by atoms with Crippen molar-refractivity contribution in [3.63, 3.8) is 0 Å². The van der Waals surface area contributed by atoms with E-state index in [9.17, 15) is 4.79 Å². The van der Waals surface area contributed by atoms with Crippen molar-refractivity contribution in [1.29, 1.82) is 0 Å². The summed E-state index contributed by atoms with van der Waals surface area (Å²) in [5.74, 6) is 0.571. The van der Waals surface area contributed by atoms with Gasteiger partial charge in [0.15, 0.2) is 0 Å². The molecule has 0 saturated carbocycles. The highest BCUT2D eigenvalue weighted by molar-refractivity contribution is 7.07. The Morgan fingerprint density at radius 1 is 1.19 bits per heavy atom. The number of nitrogens with zero attached hydrogens (tertiary/aromatic N) is 1. The molecule has 0 aliphatic carbocycles. The lowest BCUT2D eigenvalue weighted by Gasteiger charge is -2.32. The fourth-order valence-corrected chi connectivity index (χ4v) is 3.99. The maximum absolute atomic E-state index is 12.5. The van der Waals surface area contributed by atoms with E-state index in [1.54, 1.807) is 29.5 Å². The normalized spacial score (nSPS) is 16.2. The standard InChI is InChI=1S/C16H15Cl2NOS/c17-13-1-2-14(15(18)9-13)16(20)19-6-3-11(4-7-19)12-5-8-21-10-12/h1-2,5,8-11H,3-4,6-7H2. The number of hydrogen-bond acceptors (Lipinski definition) is 2. The van der Waals surface area contributed by atoms with Gasteiger partial charge in [0.05, 0.1) is 10.6 Å². The van der Waals surface area contributed by atoms with Gasteiger partial charge in [-0.3, -0.25) is 4.79 Å². The molecule has 2 aromatic rings. The van der Waals surface area contributed by atoms with Gasteiger partial charge < -0.3 is 4.90 Å². The third-order valence-corrected chi connectivity index (χ3v) is 5.21. The van der Waals surface area contributed by atoms with Gasteiger partial charge >= 0.3 is 0 Å². The minimum atomic E-state index is 0.000403. The highest BCUT2D eigenvalue weighted by Crippen LogP contribution is 2.31. The summed E-state index contributed by atoms with van der Waals surface area (Å²) in [4.78, 5) is 14.4. The molecule has 1 aromatic heterocycles. The number of piperidine rings is 1. The maximum Gasteiger partial charge on any atom is 0.255 e. The first-order valence-corrected chi connectivity index (χ1v) is 8.61. The molecule has 1 aliphatic heterocycles. The second-order valence-electron chi connectivity index (χ2n) is 5.25. The van der Waals surface area contributed by atoms with E-state index in [0.717, 1.165) is 25.9 Å². The van der Waals surface area contributed by atoms with E-state index in [-0.39, 0.29) is 5.91 Å². The molecular formula is C16H15Cl2NOS. The number of halogens is 2. The Kier molecular flexibility index (Phi) is 4.53. The van der Waals surface area contributed by atoms with Crippen LogP contribution in [0, 0.1) is 0 Å². The first-order chi connectivity index (χ1) is 10.1. The third-order valence-electron chi connectivity index (χ3n) is 3.96. The molecule has 1 saturated heterocycles. The van der Waals surface area contributed by atoms with Crippen molar-refractivity contribution in [1.82, 2.24) is 4.90 Å². The van der Waals surface area contributed by atoms with Gasteiger partial charge in [0.25, 0.3) is 5.91 Å². The molecule has 0 radical (unpaired) electrons. The summed E-state index contributed by atoms with van der Waals surface area (Å²) in [6.07, 6.45) is 2.02. The maximum atomic E-state index is 12.5. The van der Waals surface area contributed by atoms with Gasteiger partial charge in [0, 0.05) is 18.1 Å². The summed E-state index contributed by atoms with van der Waals surface area (Å²) in [7, 11) is 0. The summed E-state index contributed by atoms with van der Waals surface area (Å²) in [6.45, 7) is 1.55. The largest absolute Gasteiger partial charge is 0.339 e. The number of hydrogen-bond donors (Lipinski definition) is 0. The molecule has 0 atom stereocenters. The Hall–Kier alpha value is -1.03. The molecule has 21 heavy (non-hydrogen) atoms. The van der Waals surface area contributed by atoms with Gasteiger partial charge in [-0.25, -0.2) is 0 Å². The number of benzene rings is 1. The van der Waals surface area contributed by atoms with E-state index in [1.165, 1.54) is 5.56 Å². The molecule has 110 valence electrons. The second kappa shape index (κ2) is 6.39. The smallest absolute Gasteiger partial charge is 0.255 e. The molecule has 2 nitrogen and oxygen atoms in total. The van der Waals surface area contributed by atoms with Crippen molar-refractivity contribution in [3.05, 3.63) is 56.2 Å². The highest BCUT2D eigenvalue weighted by atomic mass is 35.5. The molecular weight excluding hydrogens is 325 g/mol. The molecule has 0 spiro atoms. The summed E-state index contributed by atoms with van der Waals surface area (Å²) in [5, 5.41) is 5.29. The molecule has 1 aliphatic rings. The van der Waals surface area contributed by atoms with Crippen molar-refractivity contribution >= 4 is 40.4 Å². The molecule has 1 fully saturated rings.